The molecule has 82 valence electrons. The van der Waals surface area contributed by atoms with Gasteiger partial charge in [0.25, 0.3) is 0 Å². The summed E-state index contributed by atoms with van der Waals surface area (Å²) >= 11 is 0. The molecule has 0 aromatic heterocycles. The molecular formula is C12H24N2. The first-order valence-corrected chi connectivity index (χ1v) is 6.03. The molecule has 2 heteroatoms. The maximum Gasteiger partial charge on any atom is 0.0414 e. The number of nitrogens with zero attached hydrogens (tertiary/aromatic N) is 2. The largest absolute Gasteiger partial charge is 0.303 e. The Morgan fingerprint density at radius 1 is 1.36 bits per heavy atom. The third-order valence-corrected chi connectivity index (χ3v) is 3.08. The number of rotatable bonds is 5. The number of aliphatic imine (C=N–C) groups is 1. The number of likely N-dealkylation sites (tertiary alicyclic amines) is 1. The van der Waals surface area contributed by atoms with Crippen LogP contribution in [0.2, 0.25) is 0 Å². The molecule has 1 heterocycles. The monoisotopic (exact) mass is 196 g/mol. The first-order chi connectivity index (χ1) is 6.86. The van der Waals surface area contributed by atoms with Gasteiger partial charge in [-0.15, -0.1) is 0 Å². The fraction of sp³-hybridized carbons (Fsp3) is 0.917. The second kappa shape index (κ2) is 6.99. The van der Waals surface area contributed by atoms with E-state index in [1.54, 1.807) is 0 Å². The Bertz CT molecular complexity index is 158. The molecule has 1 aliphatic rings. The maximum atomic E-state index is 4.34. The summed E-state index contributed by atoms with van der Waals surface area (Å²) in [5.74, 6) is 0.851. The molecule has 0 aromatic rings. The lowest BCUT2D eigenvalue weighted by Gasteiger charge is -2.31. The van der Waals surface area contributed by atoms with Crippen LogP contribution in [0.4, 0.5) is 0 Å². The molecule has 0 atom stereocenters. The first kappa shape index (κ1) is 11.7. The summed E-state index contributed by atoms with van der Waals surface area (Å²) in [6.07, 6.45) is 7.31. The van der Waals surface area contributed by atoms with Gasteiger partial charge in [0, 0.05) is 6.54 Å². The van der Waals surface area contributed by atoms with Gasteiger partial charge in [-0.05, 0) is 58.0 Å². The summed E-state index contributed by atoms with van der Waals surface area (Å²) in [7, 11) is 0. The second-order valence-corrected chi connectivity index (χ2v) is 4.26. The zero-order valence-corrected chi connectivity index (χ0v) is 9.71. The fourth-order valence-electron chi connectivity index (χ4n) is 2.03. The van der Waals surface area contributed by atoms with E-state index >= 15 is 0 Å². The van der Waals surface area contributed by atoms with Gasteiger partial charge in [0.05, 0.1) is 0 Å². The van der Waals surface area contributed by atoms with E-state index in [4.69, 9.17) is 0 Å². The molecule has 1 saturated heterocycles. The summed E-state index contributed by atoms with van der Waals surface area (Å²) in [6.45, 7) is 9.23. The van der Waals surface area contributed by atoms with Gasteiger partial charge in [0.2, 0.25) is 0 Å². The lowest BCUT2D eigenvalue weighted by atomic mass is 9.97. The van der Waals surface area contributed by atoms with Crippen molar-refractivity contribution in [3.05, 3.63) is 0 Å². The van der Waals surface area contributed by atoms with Gasteiger partial charge in [-0.1, -0.05) is 13.3 Å². The third-order valence-electron chi connectivity index (χ3n) is 3.08. The molecule has 0 aliphatic carbocycles. The van der Waals surface area contributed by atoms with Crippen molar-refractivity contribution in [2.75, 3.05) is 26.2 Å². The summed E-state index contributed by atoms with van der Waals surface area (Å²) in [5.41, 5.74) is 0. The van der Waals surface area contributed by atoms with Crippen LogP contribution in [0.3, 0.4) is 0 Å². The Morgan fingerprint density at radius 2 is 2.07 bits per heavy atom. The normalized spacial score (nSPS) is 20.7. The van der Waals surface area contributed by atoms with Crippen molar-refractivity contribution in [2.24, 2.45) is 10.9 Å². The number of piperidine rings is 1. The van der Waals surface area contributed by atoms with Gasteiger partial charge in [-0.25, -0.2) is 0 Å². The smallest absolute Gasteiger partial charge is 0.0414 e. The van der Waals surface area contributed by atoms with Crippen LogP contribution < -0.4 is 0 Å². The van der Waals surface area contributed by atoms with Crippen molar-refractivity contribution in [1.82, 2.24) is 4.90 Å². The molecular weight excluding hydrogens is 172 g/mol. The van der Waals surface area contributed by atoms with E-state index in [-0.39, 0.29) is 0 Å². The maximum absolute atomic E-state index is 4.34. The predicted molar refractivity (Wildman–Crippen MR) is 63.1 cm³/mol. The van der Waals surface area contributed by atoms with Gasteiger partial charge < -0.3 is 4.90 Å². The van der Waals surface area contributed by atoms with Crippen LogP contribution in [0.1, 0.15) is 39.5 Å². The Kier molecular flexibility index (Phi) is 5.85. The molecule has 1 rings (SSSR count). The number of hydrogen-bond donors (Lipinski definition) is 0. The molecule has 2 nitrogen and oxygen atoms in total. The zero-order chi connectivity index (χ0) is 10.2. The minimum Gasteiger partial charge on any atom is -0.303 e. The summed E-state index contributed by atoms with van der Waals surface area (Å²) in [4.78, 5) is 6.95. The second-order valence-electron chi connectivity index (χ2n) is 4.26. The van der Waals surface area contributed by atoms with Crippen molar-refractivity contribution in [3.63, 3.8) is 0 Å². The Morgan fingerprint density at radius 3 is 2.64 bits per heavy atom. The molecule has 0 aromatic carbocycles. The number of hydrogen-bond acceptors (Lipinski definition) is 2. The average molecular weight is 196 g/mol. The topological polar surface area (TPSA) is 15.6 Å². The Hall–Kier alpha value is -0.370. The van der Waals surface area contributed by atoms with Gasteiger partial charge in [0.1, 0.15) is 0 Å². The lowest BCUT2D eigenvalue weighted by Crippen LogP contribution is -2.35. The minimum absolute atomic E-state index is 0.851. The molecule has 0 N–H and O–H groups in total. The highest BCUT2D eigenvalue weighted by Gasteiger charge is 2.17. The van der Waals surface area contributed by atoms with E-state index in [9.17, 15) is 0 Å². The van der Waals surface area contributed by atoms with E-state index in [1.807, 2.05) is 13.1 Å². The van der Waals surface area contributed by atoms with E-state index < -0.39 is 0 Å². The highest BCUT2D eigenvalue weighted by Crippen LogP contribution is 2.17. The van der Waals surface area contributed by atoms with Gasteiger partial charge >= 0.3 is 0 Å². The SMILES string of the molecule is CC=NCC1CCN(CCCC)CC1. The van der Waals surface area contributed by atoms with E-state index in [1.165, 1.54) is 45.3 Å². The summed E-state index contributed by atoms with van der Waals surface area (Å²) in [6, 6.07) is 0. The summed E-state index contributed by atoms with van der Waals surface area (Å²) < 4.78 is 0. The fourth-order valence-corrected chi connectivity index (χ4v) is 2.03. The van der Waals surface area contributed by atoms with Crippen molar-refractivity contribution < 1.29 is 0 Å². The quantitative estimate of drug-likeness (QED) is 0.617. The van der Waals surface area contributed by atoms with Crippen molar-refractivity contribution in [2.45, 2.75) is 39.5 Å². The summed E-state index contributed by atoms with van der Waals surface area (Å²) in [5, 5.41) is 0. The third kappa shape index (κ3) is 4.23. The van der Waals surface area contributed by atoms with Crippen LogP contribution in [0.5, 0.6) is 0 Å². The van der Waals surface area contributed by atoms with Crippen LogP contribution in [-0.4, -0.2) is 37.3 Å². The average Bonchev–Trinajstić information content (AvgIpc) is 2.25. The highest BCUT2D eigenvalue weighted by atomic mass is 15.1. The molecule has 0 amide bonds. The van der Waals surface area contributed by atoms with E-state index in [0.29, 0.717) is 0 Å². The van der Waals surface area contributed by atoms with Crippen LogP contribution >= 0.6 is 0 Å². The number of unbranched alkanes of at least 4 members (excludes halogenated alkanes) is 1. The van der Waals surface area contributed by atoms with E-state index in [2.05, 4.69) is 16.8 Å². The Balaban J connectivity index is 2.11. The van der Waals surface area contributed by atoms with Gasteiger partial charge in [-0.2, -0.15) is 0 Å². The van der Waals surface area contributed by atoms with Gasteiger partial charge in [-0.3, -0.25) is 4.99 Å². The van der Waals surface area contributed by atoms with Crippen LogP contribution in [-0.2, 0) is 0 Å². The highest BCUT2D eigenvalue weighted by molar-refractivity contribution is 5.53. The zero-order valence-electron chi connectivity index (χ0n) is 9.71. The van der Waals surface area contributed by atoms with Crippen molar-refractivity contribution in [3.8, 4) is 0 Å². The molecule has 14 heavy (non-hydrogen) atoms. The molecule has 0 saturated carbocycles. The van der Waals surface area contributed by atoms with Gasteiger partial charge in [0.15, 0.2) is 0 Å². The Labute approximate surface area is 88.4 Å². The molecule has 1 fully saturated rings. The minimum atomic E-state index is 0.851. The van der Waals surface area contributed by atoms with Crippen LogP contribution in [0.25, 0.3) is 0 Å². The van der Waals surface area contributed by atoms with Crippen LogP contribution in [0.15, 0.2) is 4.99 Å². The molecule has 0 spiro atoms. The van der Waals surface area contributed by atoms with Crippen molar-refractivity contribution >= 4 is 6.21 Å². The standard InChI is InChI=1S/C12H24N2/c1-3-5-8-14-9-6-12(7-10-14)11-13-4-2/h4,12H,3,5-11H2,1-2H3. The lowest BCUT2D eigenvalue weighted by molar-refractivity contribution is 0.185. The van der Waals surface area contributed by atoms with E-state index in [0.717, 1.165) is 12.5 Å². The predicted octanol–water partition coefficient (Wildman–Crippen LogP) is 2.59. The van der Waals surface area contributed by atoms with Crippen LogP contribution in [0, 0.1) is 5.92 Å². The van der Waals surface area contributed by atoms with Crippen molar-refractivity contribution in [1.29, 1.82) is 0 Å². The first-order valence-electron chi connectivity index (χ1n) is 6.03. The molecule has 0 bridgehead atoms. The molecule has 0 unspecified atom stereocenters. The molecule has 0 radical (unpaired) electrons. The molecule has 1 aliphatic heterocycles.